The molecule has 3 rings (SSSR count). The first-order valence-electron chi connectivity index (χ1n) is 7.20. The highest BCUT2D eigenvalue weighted by Gasteiger charge is 2.21. The number of rotatable bonds is 4. The Morgan fingerprint density at radius 3 is 2.95 bits per heavy atom. The number of ether oxygens (including phenoxy) is 1. The molecule has 1 aromatic carbocycles. The van der Waals surface area contributed by atoms with E-state index in [1.54, 1.807) is 0 Å². The van der Waals surface area contributed by atoms with Crippen LogP contribution in [0.1, 0.15) is 35.4 Å². The lowest BCUT2D eigenvalue weighted by Crippen LogP contribution is -2.20. The number of fused-ring (bicyclic) bond motifs is 1. The molecule has 1 N–H and O–H groups in total. The van der Waals surface area contributed by atoms with Crippen LogP contribution in [-0.2, 0) is 22.6 Å². The Balaban J connectivity index is 1.74. The summed E-state index contributed by atoms with van der Waals surface area (Å²) in [7, 11) is 0. The van der Waals surface area contributed by atoms with Crippen LogP contribution in [0.2, 0.25) is 0 Å². The van der Waals surface area contributed by atoms with E-state index in [2.05, 4.69) is 10.3 Å². The van der Waals surface area contributed by atoms with E-state index in [4.69, 9.17) is 4.74 Å². The maximum atomic E-state index is 12.5. The summed E-state index contributed by atoms with van der Waals surface area (Å²) in [6.45, 7) is 3.35. The fraction of sp³-hybridized carbons (Fsp3) is 0.375. The lowest BCUT2D eigenvalue weighted by molar-refractivity contribution is -0.117. The highest BCUT2D eigenvalue weighted by atomic mass is 32.1. The number of amides is 1. The van der Waals surface area contributed by atoms with E-state index in [0.717, 1.165) is 29.0 Å². The fourth-order valence-electron chi connectivity index (χ4n) is 2.53. The molecule has 0 saturated carbocycles. The van der Waals surface area contributed by atoms with Crippen molar-refractivity contribution in [1.29, 1.82) is 0 Å². The topological polar surface area (TPSA) is 51.2 Å². The summed E-state index contributed by atoms with van der Waals surface area (Å²) in [6.07, 6.45) is 1.60. The van der Waals surface area contributed by atoms with E-state index in [0.29, 0.717) is 18.3 Å². The van der Waals surface area contributed by atoms with Crippen LogP contribution in [0.5, 0.6) is 0 Å². The monoisotopic (exact) mass is 302 g/mol. The van der Waals surface area contributed by atoms with E-state index in [9.17, 15) is 4.79 Å². The second-order valence-corrected chi connectivity index (χ2v) is 6.14. The zero-order valence-electron chi connectivity index (χ0n) is 12.0. The van der Waals surface area contributed by atoms with E-state index in [1.807, 2.05) is 37.3 Å². The van der Waals surface area contributed by atoms with Crippen LogP contribution in [0, 0.1) is 0 Å². The van der Waals surface area contributed by atoms with Crippen molar-refractivity contribution in [2.24, 2.45) is 0 Å². The van der Waals surface area contributed by atoms with Crippen LogP contribution in [0.4, 0.5) is 5.13 Å². The summed E-state index contributed by atoms with van der Waals surface area (Å²) in [4.78, 5) is 18.1. The minimum Gasteiger partial charge on any atom is -0.375 e. The molecule has 2 aromatic rings. The van der Waals surface area contributed by atoms with Gasteiger partial charge < -0.3 is 10.1 Å². The molecule has 1 atom stereocenters. The molecule has 0 aliphatic carbocycles. The summed E-state index contributed by atoms with van der Waals surface area (Å²) in [6, 6.07) is 9.88. The third kappa shape index (κ3) is 3.14. The van der Waals surface area contributed by atoms with Gasteiger partial charge >= 0.3 is 0 Å². The van der Waals surface area contributed by atoms with Gasteiger partial charge in [-0.25, -0.2) is 4.98 Å². The SMILES string of the molecule is CCC(C(=O)Nc1nc2c(s1)COCC2)c1ccccc1. The zero-order chi connectivity index (χ0) is 14.7. The molecular formula is C16H18N2O2S. The maximum Gasteiger partial charge on any atom is 0.233 e. The average molecular weight is 302 g/mol. The molecule has 0 bridgehead atoms. The predicted molar refractivity (Wildman–Crippen MR) is 83.6 cm³/mol. The number of anilines is 1. The van der Waals surface area contributed by atoms with Crippen LogP contribution < -0.4 is 5.32 Å². The first kappa shape index (κ1) is 14.2. The summed E-state index contributed by atoms with van der Waals surface area (Å²) in [5.74, 6) is -0.126. The van der Waals surface area contributed by atoms with E-state index >= 15 is 0 Å². The molecule has 2 heterocycles. The van der Waals surface area contributed by atoms with Crippen molar-refractivity contribution in [3.8, 4) is 0 Å². The Bertz CT molecular complexity index is 601. The second kappa shape index (κ2) is 6.37. The number of carbonyl (C=O) groups excluding carboxylic acids is 1. The van der Waals surface area contributed by atoms with Crippen LogP contribution in [-0.4, -0.2) is 17.5 Å². The van der Waals surface area contributed by atoms with Crippen molar-refractivity contribution in [2.45, 2.75) is 32.3 Å². The molecule has 0 saturated heterocycles. The summed E-state index contributed by atoms with van der Waals surface area (Å²) >= 11 is 1.52. The molecule has 21 heavy (non-hydrogen) atoms. The highest BCUT2D eigenvalue weighted by molar-refractivity contribution is 7.15. The van der Waals surface area contributed by atoms with E-state index in [1.165, 1.54) is 11.3 Å². The lowest BCUT2D eigenvalue weighted by atomic mass is 9.96. The van der Waals surface area contributed by atoms with E-state index in [-0.39, 0.29) is 11.8 Å². The zero-order valence-corrected chi connectivity index (χ0v) is 12.8. The largest absolute Gasteiger partial charge is 0.375 e. The fourth-order valence-corrected chi connectivity index (χ4v) is 3.48. The highest BCUT2D eigenvalue weighted by Crippen LogP contribution is 2.28. The molecule has 1 aliphatic rings. The first-order chi connectivity index (χ1) is 10.3. The Kier molecular flexibility index (Phi) is 4.31. The quantitative estimate of drug-likeness (QED) is 0.942. The van der Waals surface area contributed by atoms with Gasteiger partial charge in [-0.05, 0) is 12.0 Å². The van der Waals surface area contributed by atoms with Gasteiger partial charge in [0.2, 0.25) is 5.91 Å². The molecule has 0 fully saturated rings. The summed E-state index contributed by atoms with van der Waals surface area (Å²) in [5, 5.41) is 3.65. The molecule has 1 aliphatic heterocycles. The van der Waals surface area contributed by atoms with Gasteiger partial charge in [0.15, 0.2) is 5.13 Å². The lowest BCUT2D eigenvalue weighted by Gasteiger charge is -2.14. The molecule has 0 spiro atoms. The van der Waals surface area contributed by atoms with Gasteiger partial charge in [-0.3, -0.25) is 4.79 Å². The Hall–Kier alpha value is -1.72. The van der Waals surface area contributed by atoms with Gasteiger partial charge in [0, 0.05) is 6.42 Å². The Morgan fingerprint density at radius 1 is 1.43 bits per heavy atom. The van der Waals surface area contributed by atoms with Gasteiger partial charge in [0.25, 0.3) is 0 Å². The van der Waals surface area contributed by atoms with Gasteiger partial charge in [-0.1, -0.05) is 48.6 Å². The molecule has 0 radical (unpaired) electrons. The molecule has 1 aromatic heterocycles. The van der Waals surface area contributed by atoms with Crippen LogP contribution in [0.25, 0.3) is 0 Å². The van der Waals surface area contributed by atoms with Crippen molar-refractivity contribution >= 4 is 22.4 Å². The summed E-state index contributed by atoms with van der Waals surface area (Å²) < 4.78 is 5.41. The Labute approximate surface area is 128 Å². The number of carbonyl (C=O) groups is 1. The van der Waals surface area contributed by atoms with Crippen molar-refractivity contribution in [3.05, 3.63) is 46.5 Å². The number of aromatic nitrogens is 1. The molecule has 1 amide bonds. The smallest absolute Gasteiger partial charge is 0.233 e. The van der Waals surface area contributed by atoms with Crippen molar-refractivity contribution in [1.82, 2.24) is 4.98 Å². The van der Waals surface area contributed by atoms with Gasteiger partial charge in [0.1, 0.15) is 0 Å². The first-order valence-corrected chi connectivity index (χ1v) is 8.01. The Morgan fingerprint density at radius 2 is 2.24 bits per heavy atom. The molecular weight excluding hydrogens is 284 g/mol. The maximum absolute atomic E-state index is 12.5. The normalized spacial score (nSPS) is 15.3. The van der Waals surface area contributed by atoms with Crippen molar-refractivity contribution in [2.75, 3.05) is 11.9 Å². The minimum atomic E-state index is -0.136. The number of nitrogens with zero attached hydrogens (tertiary/aromatic N) is 1. The predicted octanol–water partition coefficient (Wildman–Crippen LogP) is 3.35. The molecule has 110 valence electrons. The van der Waals surface area contributed by atoms with E-state index < -0.39 is 0 Å². The molecule has 4 nitrogen and oxygen atoms in total. The van der Waals surface area contributed by atoms with Crippen LogP contribution in [0.3, 0.4) is 0 Å². The van der Waals surface area contributed by atoms with Gasteiger partial charge in [0.05, 0.1) is 29.7 Å². The van der Waals surface area contributed by atoms with Crippen molar-refractivity contribution < 1.29 is 9.53 Å². The van der Waals surface area contributed by atoms with Gasteiger partial charge in [-0.2, -0.15) is 0 Å². The number of thiazole rings is 1. The number of benzene rings is 1. The molecule has 5 heteroatoms. The second-order valence-electron chi connectivity index (χ2n) is 5.05. The number of nitrogens with one attached hydrogen (secondary N) is 1. The molecule has 1 unspecified atom stereocenters. The third-order valence-electron chi connectivity index (χ3n) is 3.65. The van der Waals surface area contributed by atoms with Crippen LogP contribution >= 0.6 is 11.3 Å². The van der Waals surface area contributed by atoms with Crippen LogP contribution in [0.15, 0.2) is 30.3 Å². The minimum absolute atomic E-state index is 0.00992. The summed E-state index contributed by atoms with van der Waals surface area (Å²) in [5.41, 5.74) is 2.11. The van der Waals surface area contributed by atoms with Crippen molar-refractivity contribution in [3.63, 3.8) is 0 Å². The van der Waals surface area contributed by atoms with Gasteiger partial charge in [-0.15, -0.1) is 0 Å². The average Bonchev–Trinajstić information content (AvgIpc) is 2.91. The standard InChI is InChI=1S/C16H18N2O2S/c1-2-12(11-6-4-3-5-7-11)15(19)18-16-17-13-8-9-20-10-14(13)21-16/h3-7,12H,2,8-10H2,1H3,(H,17,18,19). The number of hydrogen-bond acceptors (Lipinski definition) is 4. The number of hydrogen-bond donors (Lipinski definition) is 1. The third-order valence-corrected chi connectivity index (χ3v) is 4.64.